The van der Waals surface area contributed by atoms with Crippen molar-refractivity contribution in [2.24, 2.45) is 0 Å². The van der Waals surface area contributed by atoms with Gasteiger partial charge in [-0.3, -0.25) is 9.29 Å². The van der Waals surface area contributed by atoms with Gasteiger partial charge in [-0.25, -0.2) is 23.4 Å². The second-order valence-electron chi connectivity index (χ2n) is 11.1. The Kier molecular flexibility index (Phi) is 10.5. The number of anilines is 1. The van der Waals surface area contributed by atoms with E-state index in [2.05, 4.69) is 29.9 Å². The molecule has 15 heteroatoms. The van der Waals surface area contributed by atoms with Gasteiger partial charge in [-0.2, -0.15) is 0 Å². The quantitative estimate of drug-likeness (QED) is 0.136. The Morgan fingerprint density at radius 2 is 1.51 bits per heavy atom. The van der Waals surface area contributed by atoms with Crippen LogP contribution in [-0.4, -0.2) is 71.8 Å². The van der Waals surface area contributed by atoms with E-state index in [4.69, 9.17) is 30.5 Å². The largest absolute Gasteiger partial charge is 0.496 e. The minimum Gasteiger partial charge on any atom is -0.496 e. The van der Waals surface area contributed by atoms with E-state index < -0.39 is 21.4 Å². The molecule has 0 bridgehead atoms. The van der Waals surface area contributed by atoms with Crippen LogP contribution >= 0.6 is 11.6 Å². The fraction of sp³-hybridized carbons (Fsp3) is 0.194. The minimum absolute atomic E-state index is 0.113. The van der Waals surface area contributed by atoms with Gasteiger partial charge in [0.25, 0.3) is 0 Å². The average molecular weight is 728 g/mol. The summed E-state index contributed by atoms with van der Waals surface area (Å²) in [4.78, 5) is 13.0. The van der Waals surface area contributed by atoms with Gasteiger partial charge in [0.2, 0.25) is 21.9 Å². The fourth-order valence-corrected chi connectivity index (χ4v) is 6.91. The molecule has 2 atom stereocenters. The summed E-state index contributed by atoms with van der Waals surface area (Å²) < 4.78 is 55.4. The first-order valence-electron chi connectivity index (χ1n) is 15.6. The molecule has 6 aromatic rings. The number of aromatic nitrogens is 6. The molecule has 0 unspecified atom stereocenters. The summed E-state index contributed by atoms with van der Waals surface area (Å²) in [5, 5.41) is 7.88. The SMILES string of the molecule is COc1cccc(-c2nnc(NS(=O)(=O)[C@H](C)[C@@H](OC)c3ncc(Cl)cn3)n2-c2ccccc2-c2c(OC)ccc(-c3ccccc3)c2OC)n1. The molecule has 0 spiro atoms. The number of hydrogen-bond acceptors (Lipinski definition) is 11. The first kappa shape index (κ1) is 35.3. The van der Waals surface area contributed by atoms with Crippen molar-refractivity contribution in [2.45, 2.75) is 18.3 Å². The normalized spacial score (nSPS) is 12.6. The predicted molar refractivity (Wildman–Crippen MR) is 194 cm³/mol. The Balaban J connectivity index is 1.56. The van der Waals surface area contributed by atoms with Crippen LogP contribution in [0.5, 0.6) is 17.4 Å². The minimum atomic E-state index is -4.25. The average Bonchev–Trinajstić information content (AvgIpc) is 3.57. The third-order valence-electron chi connectivity index (χ3n) is 8.17. The molecule has 3 heterocycles. The second-order valence-corrected chi connectivity index (χ2v) is 13.6. The molecular formula is C36H34ClN7O6S. The summed E-state index contributed by atoms with van der Waals surface area (Å²) in [6.45, 7) is 1.48. The van der Waals surface area contributed by atoms with E-state index in [-0.39, 0.29) is 17.6 Å². The zero-order valence-corrected chi connectivity index (χ0v) is 29.9. The lowest BCUT2D eigenvalue weighted by Gasteiger charge is -2.23. The molecule has 1 N–H and O–H groups in total. The van der Waals surface area contributed by atoms with E-state index in [1.807, 2.05) is 66.7 Å². The number of benzene rings is 3. The van der Waals surface area contributed by atoms with Crippen LogP contribution in [0.4, 0.5) is 5.95 Å². The molecule has 0 saturated heterocycles. The summed E-state index contributed by atoms with van der Waals surface area (Å²) in [7, 11) is 1.80. The maximum absolute atomic E-state index is 14.1. The van der Waals surface area contributed by atoms with Gasteiger partial charge in [-0.05, 0) is 36.8 Å². The van der Waals surface area contributed by atoms with Crippen molar-refractivity contribution >= 4 is 27.6 Å². The molecule has 13 nitrogen and oxygen atoms in total. The number of nitrogens with zero attached hydrogens (tertiary/aromatic N) is 6. The van der Waals surface area contributed by atoms with Crippen molar-refractivity contribution in [1.82, 2.24) is 29.7 Å². The number of sulfonamides is 1. The lowest BCUT2D eigenvalue weighted by atomic mass is 9.95. The van der Waals surface area contributed by atoms with Gasteiger partial charge in [-0.15, -0.1) is 10.2 Å². The highest BCUT2D eigenvalue weighted by Crippen LogP contribution is 2.47. The van der Waals surface area contributed by atoms with E-state index in [0.717, 1.165) is 11.1 Å². The van der Waals surface area contributed by atoms with Gasteiger partial charge in [-0.1, -0.05) is 66.2 Å². The van der Waals surface area contributed by atoms with Gasteiger partial charge in [0.05, 0.1) is 37.6 Å². The van der Waals surface area contributed by atoms with Crippen molar-refractivity contribution < 1.29 is 27.4 Å². The molecule has 0 saturated carbocycles. The van der Waals surface area contributed by atoms with Crippen LogP contribution in [0.3, 0.4) is 0 Å². The zero-order chi connectivity index (χ0) is 36.1. The number of ether oxygens (including phenoxy) is 4. The van der Waals surface area contributed by atoms with Crippen LogP contribution in [0.25, 0.3) is 39.5 Å². The van der Waals surface area contributed by atoms with Crippen LogP contribution in [0.15, 0.2) is 97.3 Å². The Morgan fingerprint density at radius 1 is 0.784 bits per heavy atom. The Bertz CT molecular complexity index is 2250. The van der Waals surface area contributed by atoms with Crippen LogP contribution < -0.4 is 18.9 Å². The van der Waals surface area contributed by atoms with Gasteiger partial charge in [0, 0.05) is 36.7 Å². The van der Waals surface area contributed by atoms with Crippen molar-refractivity contribution in [3.63, 3.8) is 0 Å². The monoisotopic (exact) mass is 727 g/mol. The number of methoxy groups -OCH3 is 4. The molecule has 6 rings (SSSR count). The zero-order valence-electron chi connectivity index (χ0n) is 28.3. The summed E-state index contributed by atoms with van der Waals surface area (Å²) in [6.07, 6.45) is 1.70. The number of halogens is 1. The maximum Gasteiger partial charge on any atom is 0.243 e. The molecule has 0 radical (unpaired) electrons. The standard InChI is InChI=1S/C36H34ClN7O6S/c1-22(32(49-4)34-38-20-24(37)21-39-34)51(45,46)43-36-42-41-35(27-15-11-17-30(40-27)48-3)44(36)28-16-10-9-14-26(28)31-29(47-2)19-18-25(33(31)50-5)23-12-7-6-8-13-23/h6-22,32H,1-5H3,(H,42,43)/t22-,32-/m1/s1. The molecule has 262 valence electrons. The number of hydrogen-bond donors (Lipinski definition) is 1. The lowest BCUT2D eigenvalue weighted by Crippen LogP contribution is -2.33. The fourth-order valence-electron chi connectivity index (χ4n) is 5.68. The van der Waals surface area contributed by atoms with Crippen molar-refractivity contribution in [2.75, 3.05) is 33.2 Å². The lowest BCUT2D eigenvalue weighted by molar-refractivity contribution is 0.0950. The van der Waals surface area contributed by atoms with Gasteiger partial charge in [0.1, 0.15) is 28.5 Å². The highest BCUT2D eigenvalue weighted by molar-refractivity contribution is 7.93. The number of para-hydroxylation sites is 1. The first-order valence-corrected chi connectivity index (χ1v) is 17.5. The van der Waals surface area contributed by atoms with Gasteiger partial charge in [0.15, 0.2) is 11.6 Å². The summed E-state index contributed by atoms with van der Waals surface area (Å²) in [5.74, 6) is 1.66. The van der Waals surface area contributed by atoms with Crippen LogP contribution in [-0.2, 0) is 14.8 Å². The van der Waals surface area contributed by atoms with E-state index >= 15 is 0 Å². The second kappa shape index (κ2) is 15.1. The van der Waals surface area contributed by atoms with E-state index in [1.54, 1.807) is 37.0 Å². The van der Waals surface area contributed by atoms with Crippen LogP contribution in [0.1, 0.15) is 18.9 Å². The topological polar surface area (TPSA) is 152 Å². The Morgan fingerprint density at radius 3 is 2.20 bits per heavy atom. The van der Waals surface area contributed by atoms with Gasteiger partial charge >= 0.3 is 0 Å². The molecule has 51 heavy (non-hydrogen) atoms. The third kappa shape index (κ3) is 7.06. The van der Waals surface area contributed by atoms with Crippen LogP contribution in [0.2, 0.25) is 5.02 Å². The number of pyridine rings is 1. The number of rotatable bonds is 13. The molecule has 0 amide bonds. The molecule has 3 aromatic heterocycles. The van der Waals surface area contributed by atoms with Crippen LogP contribution in [0, 0.1) is 0 Å². The summed E-state index contributed by atoms with van der Waals surface area (Å²) in [6, 6.07) is 26.2. The van der Waals surface area contributed by atoms with Crippen molar-refractivity contribution in [3.8, 4) is 56.8 Å². The summed E-state index contributed by atoms with van der Waals surface area (Å²) in [5.41, 5.74) is 3.88. The molecule has 0 aliphatic rings. The first-order chi connectivity index (χ1) is 24.7. The van der Waals surface area contributed by atoms with E-state index in [1.165, 1.54) is 33.5 Å². The Hall–Kier alpha value is -5.57. The molecule has 0 fully saturated rings. The Labute approximate surface area is 300 Å². The number of nitrogens with one attached hydrogen (secondary N) is 1. The van der Waals surface area contributed by atoms with Crippen molar-refractivity contribution in [1.29, 1.82) is 0 Å². The molecule has 3 aromatic carbocycles. The van der Waals surface area contributed by atoms with Gasteiger partial charge < -0.3 is 18.9 Å². The third-order valence-corrected chi connectivity index (χ3v) is 10.1. The van der Waals surface area contributed by atoms with E-state index in [9.17, 15) is 8.42 Å². The molecule has 0 aliphatic carbocycles. The smallest absolute Gasteiger partial charge is 0.243 e. The highest BCUT2D eigenvalue weighted by atomic mass is 35.5. The molecular weight excluding hydrogens is 694 g/mol. The van der Waals surface area contributed by atoms with Crippen molar-refractivity contribution in [3.05, 3.63) is 108 Å². The predicted octanol–water partition coefficient (Wildman–Crippen LogP) is 6.65. The molecule has 0 aliphatic heterocycles. The maximum atomic E-state index is 14.1. The van der Waals surface area contributed by atoms with E-state index in [0.29, 0.717) is 44.9 Å². The summed E-state index contributed by atoms with van der Waals surface area (Å²) >= 11 is 5.98. The highest BCUT2D eigenvalue weighted by Gasteiger charge is 2.35.